The maximum absolute atomic E-state index is 4.14. The molecule has 66 valence electrons. The van der Waals surface area contributed by atoms with E-state index in [0.717, 1.165) is 5.71 Å². The molecule has 3 heteroatoms. The van der Waals surface area contributed by atoms with Crippen molar-refractivity contribution in [2.24, 2.45) is 5.10 Å². The Labute approximate surface area is 69.5 Å². The van der Waals surface area contributed by atoms with Crippen LogP contribution < -0.4 is 5.43 Å². The minimum Gasteiger partial charge on any atom is -0.290 e. The Balaban J connectivity index is 4.03. The van der Waals surface area contributed by atoms with Crippen LogP contribution in [-0.2, 0) is 0 Å². The second kappa shape index (κ2) is 3.72. The molecule has 0 aliphatic rings. The standard InChI is InChI=1S/C8H19N3/c1-7(2)9-10-8(3,4)11(5)6/h10H,1-6H3. The monoisotopic (exact) mass is 157 g/mol. The molecule has 0 aromatic heterocycles. The van der Waals surface area contributed by atoms with E-state index in [1.54, 1.807) is 0 Å². The SMILES string of the molecule is CC(C)=NNC(C)(C)N(C)C. The molecule has 3 nitrogen and oxygen atoms in total. The van der Waals surface area contributed by atoms with Crippen molar-refractivity contribution in [3.05, 3.63) is 0 Å². The molecule has 0 aromatic carbocycles. The predicted octanol–water partition coefficient (Wildman–Crippen LogP) is 1.27. The zero-order valence-corrected chi connectivity index (χ0v) is 8.39. The normalized spacial score (nSPS) is 11.5. The summed E-state index contributed by atoms with van der Waals surface area (Å²) in [7, 11) is 4.04. The van der Waals surface area contributed by atoms with E-state index in [2.05, 4.69) is 29.3 Å². The average molecular weight is 157 g/mol. The van der Waals surface area contributed by atoms with Gasteiger partial charge in [-0.3, -0.25) is 10.3 Å². The van der Waals surface area contributed by atoms with E-state index in [4.69, 9.17) is 0 Å². The van der Waals surface area contributed by atoms with Gasteiger partial charge in [0.15, 0.2) is 0 Å². The molecule has 11 heavy (non-hydrogen) atoms. The van der Waals surface area contributed by atoms with Gasteiger partial charge in [-0.1, -0.05) is 0 Å². The van der Waals surface area contributed by atoms with E-state index in [9.17, 15) is 0 Å². The summed E-state index contributed by atoms with van der Waals surface area (Å²) in [5.74, 6) is 0. The van der Waals surface area contributed by atoms with Crippen molar-refractivity contribution in [1.82, 2.24) is 10.3 Å². The van der Waals surface area contributed by atoms with Crippen molar-refractivity contribution in [2.75, 3.05) is 14.1 Å². The van der Waals surface area contributed by atoms with Gasteiger partial charge in [0, 0.05) is 5.71 Å². The molecule has 0 radical (unpaired) electrons. The molecule has 0 bridgehead atoms. The van der Waals surface area contributed by atoms with Gasteiger partial charge in [0.05, 0.1) is 0 Å². The number of hydrazone groups is 1. The summed E-state index contributed by atoms with van der Waals surface area (Å²) in [6.45, 7) is 8.11. The molecule has 0 amide bonds. The van der Waals surface area contributed by atoms with E-state index in [1.165, 1.54) is 0 Å². The van der Waals surface area contributed by atoms with E-state index < -0.39 is 0 Å². The minimum atomic E-state index is -0.0722. The first-order valence-corrected chi connectivity index (χ1v) is 3.82. The van der Waals surface area contributed by atoms with Gasteiger partial charge >= 0.3 is 0 Å². The highest BCUT2D eigenvalue weighted by atomic mass is 15.4. The van der Waals surface area contributed by atoms with Crippen molar-refractivity contribution >= 4 is 5.71 Å². The summed E-state index contributed by atoms with van der Waals surface area (Å²) in [5.41, 5.74) is 4.04. The lowest BCUT2D eigenvalue weighted by Gasteiger charge is -2.31. The Kier molecular flexibility index (Phi) is 3.52. The second-order valence-corrected chi connectivity index (χ2v) is 3.62. The minimum absolute atomic E-state index is 0.0722. The maximum Gasteiger partial charge on any atom is 0.101 e. The quantitative estimate of drug-likeness (QED) is 0.379. The van der Waals surface area contributed by atoms with Crippen LogP contribution in [0.3, 0.4) is 0 Å². The Morgan fingerprint density at radius 2 is 1.73 bits per heavy atom. The van der Waals surface area contributed by atoms with Crippen LogP contribution in [-0.4, -0.2) is 30.4 Å². The lowest BCUT2D eigenvalue weighted by Crippen LogP contribution is -2.48. The summed E-state index contributed by atoms with van der Waals surface area (Å²) >= 11 is 0. The smallest absolute Gasteiger partial charge is 0.101 e. The van der Waals surface area contributed by atoms with E-state index in [0.29, 0.717) is 0 Å². The molecule has 0 heterocycles. The van der Waals surface area contributed by atoms with Crippen molar-refractivity contribution in [3.8, 4) is 0 Å². The van der Waals surface area contributed by atoms with Crippen LogP contribution in [0.15, 0.2) is 5.10 Å². The van der Waals surface area contributed by atoms with Gasteiger partial charge in [-0.2, -0.15) is 5.10 Å². The molecule has 1 N–H and O–H groups in total. The number of nitrogens with zero attached hydrogens (tertiary/aromatic N) is 2. The fraction of sp³-hybridized carbons (Fsp3) is 0.875. The first kappa shape index (κ1) is 10.4. The van der Waals surface area contributed by atoms with Crippen LogP contribution >= 0.6 is 0 Å². The third kappa shape index (κ3) is 3.98. The summed E-state index contributed by atoms with van der Waals surface area (Å²) < 4.78 is 0. The van der Waals surface area contributed by atoms with Gasteiger partial charge in [-0.25, -0.2) is 0 Å². The first-order chi connectivity index (χ1) is 4.86. The summed E-state index contributed by atoms with van der Waals surface area (Å²) in [6.07, 6.45) is 0. The summed E-state index contributed by atoms with van der Waals surface area (Å²) in [4.78, 5) is 2.08. The van der Waals surface area contributed by atoms with Crippen LogP contribution in [0, 0.1) is 0 Å². The van der Waals surface area contributed by atoms with E-state index in [1.807, 2.05) is 27.9 Å². The molecule has 0 aromatic rings. The van der Waals surface area contributed by atoms with Crippen molar-refractivity contribution in [1.29, 1.82) is 0 Å². The summed E-state index contributed by atoms with van der Waals surface area (Å²) in [6, 6.07) is 0. The number of rotatable bonds is 3. The summed E-state index contributed by atoms with van der Waals surface area (Å²) in [5, 5.41) is 4.14. The Morgan fingerprint density at radius 1 is 1.27 bits per heavy atom. The van der Waals surface area contributed by atoms with Crippen LogP contribution in [0.2, 0.25) is 0 Å². The van der Waals surface area contributed by atoms with Crippen molar-refractivity contribution in [3.63, 3.8) is 0 Å². The Morgan fingerprint density at radius 3 is 2.00 bits per heavy atom. The highest BCUT2D eigenvalue weighted by Gasteiger charge is 2.18. The predicted molar refractivity (Wildman–Crippen MR) is 49.7 cm³/mol. The second-order valence-electron chi connectivity index (χ2n) is 3.62. The van der Waals surface area contributed by atoms with E-state index >= 15 is 0 Å². The van der Waals surface area contributed by atoms with Crippen LogP contribution in [0.1, 0.15) is 27.7 Å². The Bertz CT molecular complexity index is 143. The number of hydrogen-bond acceptors (Lipinski definition) is 3. The van der Waals surface area contributed by atoms with Gasteiger partial charge in [0.25, 0.3) is 0 Å². The molecule has 0 saturated carbocycles. The lowest BCUT2D eigenvalue weighted by atomic mass is 10.2. The zero-order chi connectivity index (χ0) is 9.07. The Hall–Kier alpha value is -0.570. The first-order valence-electron chi connectivity index (χ1n) is 3.82. The molecular weight excluding hydrogens is 138 g/mol. The fourth-order valence-electron chi connectivity index (χ4n) is 0.349. The lowest BCUT2D eigenvalue weighted by molar-refractivity contribution is 0.152. The largest absolute Gasteiger partial charge is 0.290 e. The topological polar surface area (TPSA) is 27.6 Å². The maximum atomic E-state index is 4.14. The molecule has 0 aliphatic carbocycles. The van der Waals surface area contributed by atoms with Crippen molar-refractivity contribution < 1.29 is 0 Å². The van der Waals surface area contributed by atoms with Crippen LogP contribution in [0.25, 0.3) is 0 Å². The van der Waals surface area contributed by atoms with Gasteiger partial charge in [0.1, 0.15) is 5.66 Å². The highest BCUT2D eigenvalue weighted by Crippen LogP contribution is 2.04. The fourth-order valence-corrected chi connectivity index (χ4v) is 0.349. The van der Waals surface area contributed by atoms with Crippen LogP contribution in [0.5, 0.6) is 0 Å². The van der Waals surface area contributed by atoms with Crippen molar-refractivity contribution in [2.45, 2.75) is 33.4 Å². The zero-order valence-electron chi connectivity index (χ0n) is 8.39. The molecule has 0 atom stereocenters. The molecule has 0 unspecified atom stereocenters. The van der Waals surface area contributed by atoms with E-state index in [-0.39, 0.29) is 5.66 Å². The van der Waals surface area contributed by atoms with Gasteiger partial charge in [-0.15, -0.1) is 0 Å². The van der Waals surface area contributed by atoms with Gasteiger partial charge in [-0.05, 0) is 41.8 Å². The molecular formula is C8H19N3. The average Bonchev–Trinajstić information content (AvgIpc) is 1.84. The number of hydrogen-bond donors (Lipinski definition) is 1. The van der Waals surface area contributed by atoms with Gasteiger partial charge in [0.2, 0.25) is 0 Å². The van der Waals surface area contributed by atoms with Crippen LogP contribution in [0.4, 0.5) is 0 Å². The van der Waals surface area contributed by atoms with Gasteiger partial charge < -0.3 is 0 Å². The molecule has 0 spiro atoms. The third-order valence-electron chi connectivity index (χ3n) is 1.67. The molecule has 0 aliphatic heterocycles. The molecule has 0 saturated heterocycles. The number of nitrogens with one attached hydrogen (secondary N) is 1. The molecule has 0 rings (SSSR count). The highest BCUT2D eigenvalue weighted by molar-refractivity contribution is 5.78. The molecule has 0 fully saturated rings. The third-order valence-corrected chi connectivity index (χ3v) is 1.67.